The van der Waals surface area contributed by atoms with Crippen LogP contribution in [0.2, 0.25) is 0 Å². The van der Waals surface area contributed by atoms with Gasteiger partial charge in [0.2, 0.25) is 0 Å². The molecule has 0 aromatic heterocycles. The number of halogens is 3. The van der Waals surface area contributed by atoms with E-state index in [-0.39, 0.29) is 47.1 Å². The minimum absolute atomic E-state index is 0.0457. The Balaban J connectivity index is 1.17. The number of unbranched alkanes of at least 4 members (excludes halogenated alkanes) is 1. The van der Waals surface area contributed by atoms with Crippen molar-refractivity contribution < 1.29 is 51.7 Å². The zero-order chi connectivity index (χ0) is 44.4. The lowest BCUT2D eigenvalue weighted by Gasteiger charge is -2.71. The van der Waals surface area contributed by atoms with Gasteiger partial charge in [0.05, 0.1) is 24.7 Å². The van der Waals surface area contributed by atoms with Gasteiger partial charge in [0, 0.05) is 29.9 Å². The van der Waals surface area contributed by atoms with Crippen LogP contribution in [0.4, 0.5) is 13.2 Å². The summed E-state index contributed by atoms with van der Waals surface area (Å²) in [6.45, 7) is 19.2. The van der Waals surface area contributed by atoms with Crippen molar-refractivity contribution in [3.63, 3.8) is 0 Å². The third-order valence-corrected chi connectivity index (χ3v) is 16.8. The zero-order valence-electron chi connectivity index (χ0n) is 36.9. The molecule has 5 aliphatic rings. The zero-order valence-corrected chi connectivity index (χ0v) is 36.9. The fourth-order valence-corrected chi connectivity index (χ4v) is 13.3. The molecule has 1 aliphatic heterocycles. The molecular formula is C47H67F3N2O8. The van der Waals surface area contributed by atoms with Gasteiger partial charge in [-0.2, -0.15) is 13.2 Å². The predicted molar refractivity (Wildman–Crippen MR) is 219 cm³/mol. The van der Waals surface area contributed by atoms with Crippen LogP contribution in [0.3, 0.4) is 0 Å². The van der Waals surface area contributed by atoms with Crippen LogP contribution in [0, 0.1) is 63.6 Å². The molecule has 0 spiro atoms. The Morgan fingerprint density at radius 3 is 2.32 bits per heavy atom. The number of carboxylic acid groups (broad SMARTS) is 1. The first-order chi connectivity index (χ1) is 27.9. The van der Waals surface area contributed by atoms with E-state index in [2.05, 4.69) is 59.9 Å². The Morgan fingerprint density at radius 1 is 0.983 bits per heavy atom. The molecule has 1 amide bonds. The van der Waals surface area contributed by atoms with E-state index < -0.39 is 76.0 Å². The number of carbonyl (C=O) groups excluding carboxylic acids is 3. The van der Waals surface area contributed by atoms with E-state index in [0.29, 0.717) is 50.4 Å². The number of hydrogen-bond donors (Lipinski definition) is 3. The predicted octanol–water partition coefficient (Wildman–Crippen LogP) is 8.67. The monoisotopic (exact) mass is 844 g/mol. The molecule has 13 heteroatoms. The SMILES string of the molecule is CC(=O)O[C@@H]1C[C@@]23COC[C@](C)([C@@H]2CC[C@H]2C3=CC[C@@]3(C)[C@H](C(=O)O)[C@@](C)([C@H](C)C(C)C)CC[C@]23C)[C@H]1OC(=O)C(N)CCCCNC(=O)c1cc(C)cc(C(F)(F)F)c1. The van der Waals surface area contributed by atoms with Crippen molar-refractivity contribution in [1.82, 2.24) is 5.32 Å². The van der Waals surface area contributed by atoms with Crippen LogP contribution in [0.1, 0.15) is 135 Å². The first kappa shape index (κ1) is 46.1. The Bertz CT molecular complexity index is 1880. The lowest BCUT2D eigenvalue weighted by atomic mass is 9.34. The second kappa shape index (κ2) is 16.3. The molecule has 334 valence electrons. The number of ether oxygens (including phenoxy) is 3. The summed E-state index contributed by atoms with van der Waals surface area (Å²) in [5.41, 5.74) is 4.67. The molecule has 4 N–H and O–H groups in total. The lowest BCUT2D eigenvalue weighted by molar-refractivity contribution is -0.263. The molecule has 1 unspecified atom stereocenters. The van der Waals surface area contributed by atoms with Crippen LogP contribution in [-0.2, 0) is 34.8 Å². The number of fused-ring (bicyclic) bond motifs is 3. The molecule has 1 heterocycles. The summed E-state index contributed by atoms with van der Waals surface area (Å²) in [4.78, 5) is 52.6. The number of aryl methyl sites for hydroxylation is 1. The third kappa shape index (κ3) is 7.70. The molecule has 4 aliphatic carbocycles. The topological polar surface area (TPSA) is 154 Å². The van der Waals surface area contributed by atoms with Gasteiger partial charge in [0.25, 0.3) is 5.91 Å². The quantitative estimate of drug-likeness (QED) is 0.107. The molecule has 1 saturated heterocycles. The standard InChI is InChI=1S/C47H67F3N2O8/c1-26(2)28(4)42(6)17-18-44(8)32-13-14-36-43(7)24-58-25-46(36,33(32)15-16-45(44,9)37(42)40(55)56)23-35(59-29(5)53)38(43)60-41(57)34(51)12-10-11-19-52-39(54)30-20-27(3)21-31(22-30)47(48,49)50/h15,20-22,26,28,32,34-38H,10-14,16-19,23-25,51H2,1-9H3,(H,52,54)(H,55,56)/t28-,32+,34?,35-,36+,37-,38+,42-,43-,44-,45+,46+/m1/s1. The van der Waals surface area contributed by atoms with Gasteiger partial charge in [-0.25, -0.2) is 0 Å². The molecule has 1 aromatic rings. The Labute approximate surface area is 353 Å². The van der Waals surface area contributed by atoms with Crippen molar-refractivity contribution in [3.05, 3.63) is 46.5 Å². The van der Waals surface area contributed by atoms with E-state index in [9.17, 15) is 37.5 Å². The molecule has 4 fully saturated rings. The summed E-state index contributed by atoms with van der Waals surface area (Å²) in [5.74, 6) is -2.25. The number of nitrogens with one attached hydrogen (secondary N) is 1. The summed E-state index contributed by atoms with van der Waals surface area (Å²) in [7, 11) is 0. The average molecular weight is 845 g/mol. The van der Waals surface area contributed by atoms with E-state index in [1.54, 1.807) is 0 Å². The van der Waals surface area contributed by atoms with Gasteiger partial charge in [-0.3, -0.25) is 19.2 Å². The maximum absolute atomic E-state index is 13.7. The normalized spacial score (nSPS) is 37.0. The number of alkyl halides is 3. The fourth-order valence-electron chi connectivity index (χ4n) is 13.3. The Morgan fingerprint density at radius 2 is 1.68 bits per heavy atom. The number of nitrogens with two attached hydrogens (primary N) is 1. The van der Waals surface area contributed by atoms with Crippen LogP contribution in [0.5, 0.6) is 0 Å². The van der Waals surface area contributed by atoms with Gasteiger partial charge >= 0.3 is 24.1 Å². The van der Waals surface area contributed by atoms with Crippen LogP contribution in [0.25, 0.3) is 0 Å². The van der Waals surface area contributed by atoms with Gasteiger partial charge < -0.3 is 30.4 Å². The minimum atomic E-state index is -4.57. The highest BCUT2D eigenvalue weighted by Gasteiger charge is 2.72. The van der Waals surface area contributed by atoms with Gasteiger partial charge in [0.1, 0.15) is 18.2 Å². The molecular weight excluding hydrogens is 778 g/mol. The highest BCUT2D eigenvalue weighted by atomic mass is 19.4. The van der Waals surface area contributed by atoms with Crippen molar-refractivity contribution >= 4 is 23.8 Å². The summed E-state index contributed by atoms with van der Waals surface area (Å²) in [6.07, 6.45) is 1.74. The van der Waals surface area contributed by atoms with Gasteiger partial charge in [0.15, 0.2) is 0 Å². The minimum Gasteiger partial charge on any atom is -0.481 e. The Hall–Kier alpha value is -3.45. The van der Waals surface area contributed by atoms with Crippen molar-refractivity contribution in [2.45, 2.75) is 145 Å². The molecule has 12 atom stereocenters. The smallest absolute Gasteiger partial charge is 0.416 e. The number of benzene rings is 1. The maximum atomic E-state index is 13.7. The molecule has 0 radical (unpaired) electrons. The summed E-state index contributed by atoms with van der Waals surface area (Å²) in [5, 5.41) is 13.7. The largest absolute Gasteiger partial charge is 0.481 e. The molecule has 3 saturated carbocycles. The van der Waals surface area contributed by atoms with Crippen LogP contribution >= 0.6 is 0 Å². The highest BCUT2D eigenvalue weighted by Crippen LogP contribution is 2.75. The van der Waals surface area contributed by atoms with Crippen molar-refractivity contribution in [1.29, 1.82) is 0 Å². The fraction of sp³-hybridized carbons (Fsp3) is 0.745. The molecule has 6 rings (SSSR count). The van der Waals surface area contributed by atoms with E-state index in [4.69, 9.17) is 19.9 Å². The van der Waals surface area contributed by atoms with Crippen LogP contribution in [0.15, 0.2) is 29.8 Å². The number of carbonyl (C=O) groups is 4. The molecule has 10 nitrogen and oxygen atoms in total. The van der Waals surface area contributed by atoms with E-state index in [1.165, 1.54) is 25.5 Å². The van der Waals surface area contributed by atoms with Gasteiger partial charge in [-0.1, -0.05) is 60.1 Å². The molecule has 60 heavy (non-hydrogen) atoms. The second-order valence-electron chi connectivity index (χ2n) is 20.5. The summed E-state index contributed by atoms with van der Waals surface area (Å²) >= 11 is 0. The maximum Gasteiger partial charge on any atom is 0.416 e. The number of esters is 2. The number of carboxylic acids is 1. The van der Waals surface area contributed by atoms with Crippen LogP contribution in [-0.4, -0.2) is 66.9 Å². The summed E-state index contributed by atoms with van der Waals surface area (Å²) < 4.78 is 58.7. The van der Waals surface area contributed by atoms with Gasteiger partial charge in [-0.05, 0) is 128 Å². The van der Waals surface area contributed by atoms with Gasteiger partial charge in [-0.15, -0.1) is 0 Å². The first-order valence-corrected chi connectivity index (χ1v) is 22.0. The van der Waals surface area contributed by atoms with E-state index >= 15 is 0 Å². The van der Waals surface area contributed by atoms with E-state index in [1.807, 2.05) is 0 Å². The molecule has 2 bridgehead atoms. The van der Waals surface area contributed by atoms with Crippen molar-refractivity contribution in [2.75, 3.05) is 19.8 Å². The van der Waals surface area contributed by atoms with Crippen molar-refractivity contribution in [3.8, 4) is 0 Å². The summed E-state index contributed by atoms with van der Waals surface area (Å²) in [6, 6.07) is 2.21. The number of amides is 1. The Kier molecular flexibility index (Phi) is 12.6. The highest BCUT2D eigenvalue weighted by molar-refractivity contribution is 5.94. The molecule has 1 aromatic carbocycles. The first-order valence-electron chi connectivity index (χ1n) is 22.0. The number of allylic oxidation sites excluding steroid dienone is 1. The second-order valence-corrected chi connectivity index (χ2v) is 20.5. The van der Waals surface area contributed by atoms with Crippen molar-refractivity contribution in [2.24, 2.45) is 62.4 Å². The lowest BCUT2D eigenvalue weighted by Crippen LogP contribution is -2.70. The third-order valence-electron chi connectivity index (χ3n) is 16.8. The van der Waals surface area contributed by atoms with Crippen LogP contribution < -0.4 is 11.1 Å². The number of hydrogen-bond acceptors (Lipinski definition) is 8. The average Bonchev–Trinajstić information content (AvgIpc) is 3.15. The number of rotatable bonds is 12. The van der Waals surface area contributed by atoms with E-state index in [0.717, 1.165) is 37.8 Å². The number of aliphatic carboxylic acids is 1.